The molecule has 0 amide bonds. The van der Waals surface area contributed by atoms with Crippen molar-refractivity contribution in [1.82, 2.24) is 4.98 Å². The Morgan fingerprint density at radius 2 is 2.29 bits per heavy atom. The van der Waals surface area contributed by atoms with E-state index < -0.39 is 6.43 Å². The minimum Gasteiger partial charge on any atom is -0.480 e. The number of hydrogen-bond acceptors (Lipinski definition) is 3. The number of aromatic nitrogens is 1. The summed E-state index contributed by atoms with van der Waals surface area (Å²) in [6, 6.07) is 1.43. The number of hydrogen-bond donors (Lipinski definition) is 1. The van der Waals surface area contributed by atoms with Gasteiger partial charge in [0.15, 0.2) is 0 Å². The van der Waals surface area contributed by atoms with Gasteiger partial charge >= 0.3 is 0 Å². The highest BCUT2D eigenvalue weighted by molar-refractivity contribution is 9.08. The molecule has 14 heavy (non-hydrogen) atoms. The zero-order chi connectivity index (χ0) is 10.7. The second kappa shape index (κ2) is 4.54. The molecule has 78 valence electrons. The Morgan fingerprint density at radius 1 is 1.64 bits per heavy atom. The molecule has 3 nitrogen and oxygen atoms in total. The van der Waals surface area contributed by atoms with Crippen molar-refractivity contribution in [3.63, 3.8) is 0 Å². The van der Waals surface area contributed by atoms with E-state index in [0.29, 0.717) is 5.56 Å². The number of nitrogens with zero attached hydrogens (tertiary/aromatic N) is 1. The number of ether oxygens (including phenoxy) is 1. The van der Waals surface area contributed by atoms with E-state index in [1.54, 1.807) is 0 Å². The van der Waals surface area contributed by atoms with E-state index in [0.717, 1.165) is 0 Å². The maximum atomic E-state index is 12.5. The number of rotatable bonds is 3. The Balaban J connectivity index is 3.25. The van der Waals surface area contributed by atoms with Crippen LogP contribution in [0.15, 0.2) is 6.07 Å². The zero-order valence-corrected chi connectivity index (χ0v) is 9.01. The van der Waals surface area contributed by atoms with Crippen molar-refractivity contribution in [3.05, 3.63) is 17.3 Å². The normalized spacial score (nSPS) is 10.6. The van der Waals surface area contributed by atoms with E-state index in [2.05, 4.69) is 20.9 Å². The summed E-state index contributed by atoms with van der Waals surface area (Å²) in [5, 5.41) is 0.286. The summed E-state index contributed by atoms with van der Waals surface area (Å²) in [6.45, 7) is 0. The molecule has 0 aliphatic heterocycles. The average Bonchev–Trinajstić information content (AvgIpc) is 2.16. The second-order valence-corrected chi connectivity index (χ2v) is 3.13. The lowest BCUT2D eigenvalue weighted by Gasteiger charge is -2.09. The third kappa shape index (κ3) is 2.12. The molecule has 1 rings (SSSR count). The van der Waals surface area contributed by atoms with Crippen LogP contribution < -0.4 is 10.5 Å². The summed E-state index contributed by atoms with van der Waals surface area (Å²) in [5.74, 6) is 0.0324. The largest absolute Gasteiger partial charge is 0.480 e. The minimum absolute atomic E-state index is 0.0324. The van der Waals surface area contributed by atoms with Gasteiger partial charge in [0.05, 0.1) is 12.8 Å². The predicted octanol–water partition coefficient (Wildman–Crippen LogP) is 2.50. The first-order valence-electron chi connectivity index (χ1n) is 3.77. The van der Waals surface area contributed by atoms with Crippen LogP contribution in [0.1, 0.15) is 17.7 Å². The zero-order valence-electron chi connectivity index (χ0n) is 7.43. The molecule has 0 spiro atoms. The molecule has 2 N–H and O–H groups in total. The van der Waals surface area contributed by atoms with E-state index in [9.17, 15) is 8.78 Å². The van der Waals surface area contributed by atoms with E-state index in [4.69, 9.17) is 10.5 Å². The predicted molar refractivity (Wildman–Crippen MR) is 52.8 cm³/mol. The smallest absolute Gasteiger partial charge is 0.280 e. The number of alkyl halides is 3. The molecule has 0 unspecified atom stereocenters. The molecule has 1 aromatic heterocycles. The third-order valence-corrected chi connectivity index (χ3v) is 2.28. The Kier molecular flexibility index (Phi) is 3.62. The fourth-order valence-corrected chi connectivity index (χ4v) is 1.48. The van der Waals surface area contributed by atoms with Crippen molar-refractivity contribution >= 4 is 21.6 Å². The van der Waals surface area contributed by atoms with E-state index in [-0.39, 0.29) is 22.6 Å². The van der Waals surface area contributed by atoms with Crippen LogP contribution in [0.3, 0.4) is 0 Å². The quantitative estimate of drug-likeness (QED) is 0.856. The van der Waals surface area contributed by atoms with Crippen LogP contribution in [0.25, 0.3) is 0 Å². The van der Waals surface area contributed by atoms with Crippen LogP contribution in [0.2, 0.25) is 0 Å². The standard InChI is InChI=1S/C8H9BrF2N2O/c1-14-8-5(12)2-4(3-9)6(13-8)7(10)11/h2,7H,3,12H2,1H3. The van der Waals surface area contributed by atoms with Crippen LogP contribution in [-0.2, 0) is 5.33 Å². The van der Waals surface area contributed by atoms with Gasteiger partial charge in [-0.1, -0.05) is 15.9 Å². The molecular weight excluding hydrogens is 258 g/mol. The maximum Gasteiger partial charge on any atom is 0.280 e. The van der Waals surface area contributed by atoms with Crippen molar-refractivity contribution in [2.24, 2.45) is 0 Å². The summed E-state index contributed by atoms with van der Waals surface area (Å²) in [4.78, 5) is 3.63. The van der Waals surface area contributed by atoms with Crippen LogP contribution >= 0.6 is 15.9 Å². The van der Waals surface area contributed by atoms with Gasteiger partial charge in [-0.3, -0.25) is 0 Å². The molecule has 0 atom stereocenters. The fourth-order valence-electron chi connectivity index (χ4n) is 1.03. The lowest BCUT2D eigenvalue weighted by molar-refractivity contribution is 0.144. The Hall–Kier alpha value is -0.910. The Labute approximate surface area is 88.4 Å². The topological polar surface area (TPSA) is 48.1 Å². The lowest BCUT2D eigenvalue weighted by Crippen LogP contribution is -2.03. The molecular formula is C8H9BrF2N2O. The van der Waals surface area contributed by atoms with Crippen molar-refractivity contribution in [1.29, 1.82) is 0 Å². The molecule has 0 bridgehead atoms. The van der Waals surface area contributed by atoms with Crippen molar-refractivity contribution in [2.75, 3.05) is 12.8 Å². The molecule has 0 aliphatic carbocycles. The highest BCUT2D eigenvalue weighted by Crippen LogP contribution is 2.29. The lowest BCUT2D eigenvalue weighted by atomic mass is 10.2. The Bertz CT molecular complexity index is 333. The number of pyridine rings is 1. The number of anilines is 1. The van der Waals surface area contributed by atoms with Gasteiger partial charge in [0.2, 0.25) is 5.88 Å². The maximum absolute atomic E-state index is 12.5. The molecule has 0 fully saturated rings. The first kappa shape index (κ1) is 11.2. The average molecular weight is 267 g/mol. The van der Waals surface area contributed by atoms with E-state index in [1.165, 1.54) is 13.2 Å². The number of halogens is 3. The molecule has 0 saturated heterocycles. The van der Waals surface area contributed by atoms with Gasteiger partial charge in [0.25, 0.3) is 6.43 Å². The summed E-state index contributed by atoms with van der Waals surface area (Å²) in [5.41, 5.74) is 5.85. The number of nitrogens with two attached hydrogens (primary N) is 1. The van der Waals surface area contributed by atoms with Crippen LogP contribution in [-0.4, -0.2) is 12.1 Å². The van der Waals surface area contributed by atoms with Gasteiger partial charge in [-0.25, -0.2) is 13.8 Å². The Morgan fingerprint density at radius 3 is 2.71 bits per heavy atom. The van der Waals surface area contributed by atoms with Crippen LogP contribution in [0.4, 0.5) is 14.5 Å². The van der Waals surface area contributed by atoms with Gasteiger partial charge in [-0.15, -0.1) is 0 Å². The highest BCUT2D eigenvalue weighted by atomic mass is 79.9. The molecule has 0 aromatic carbocycles. The van der Waals surface area contributed by atoms with Gasteiger partial charge in [0.1, 0.15) is 5.69 Å². The highest BCUT2D eigenvalue weighted by Gasteiger charge is 2.17. The molecule has 0 radical (unpaired) electrons. The fraction of sp³-hybridized carbons (Fsp3) is 0.375. The van der Waals surface area contributed by atoms with Crippen molar-refractivity contribution in [2.45, 2.75) is 11.8 Å². The summed E-state index contributed by atoms with van der Waals surface area (Å²) in [7, 11) is 1.34. The molecule has 1 heterocycles. The monoisotopic (exact) mass is 266 g/mol. The van der Waals surface area contributed by atoms with Crippen LogP contribution in [0, 0.1) is 0 Å². The SMILES string of the molecule is COc1nc(C(F)F)c(CBr)cc1N. The first-order chi connectivity index (χ1) is 6.60. The van der Waals surface area contributed by atoms with Gasteiger partial charge < -0.3 is 10.5 Å². The summed E-state index contributed by atoms with van der Waals surface area (Å²) in [6.07, 6.45) is -2.63. The number of methoxy groups -OCH3 is 1. The molecule has 6 heteroatoms. The van der Waals surface area contributed by atoms with Crippen LogP contribution in [0.5, 0.6) is 5.88 Å². The molecule has 0 saturated carbocycles. The third-order valence-electron chi connectivity index (χ3n) is 1.67. The van der Waals surface area contributed by atoms with Gasteiger partial charge in [-0.2, -0.15) is 0 Å². The van der Waals surface area contributed by atoms with Gasteiger partial charge in [0, 0.05) is 5.33 Å². The molecule has 1 aromatic rings. The second-order valence-electron chi connectivity index (χ2n) is 2.57. The first-order valence-corrected chi connectivity index (χ1v) is 4.89. The van der Waals surface area contributed by atoms with Gasteiger partial charge in [-0.05, 0) is 11.6 Å². The van der Waals surface area contributed by atoms with Crippen molar-refractivity contribution < 1.29 is 13.5 Å². The van der Waals surface area contributed by atoms with Crippen molar-refractivity contribution in [3.8, 4) is 5.88 Å². The summed E-state index contributed by atoms with van der Waals surface area (Å²) < 4.78 is 29.7. The summed E-state index contributed by atoms with van der Waals surface area (Å²) >= 11 is 3.09. The molecule has 0 aliphatic rings. The number of nitrogen functional groups attached to an aromatic ring is 1. The minimum atomic E-state index is -2.63. The van der Waals surface area contributed by atoms with E-state index >= 15 is 0 Å². The van der Waals surface area contributed by atoms with E-state index in [1.807, 2.05) is 0 Å².